The maximum Gasteiger partial charge on any atom is 0.175 e. The second kappa shape index (κ2) is 3.53. The molecule has 72 valence electrons. The molecule has 0 saturated heterocycles. The molecule has 0 fully saturated rings. The molecule has 0 bridgehead atoms. The number of hydrogen-bond acceptors (Lipinski definition) is 2. The van der Waals surface area contributed by atoms with Gasteiger partial charge in [-0.25, -0.2) is 4.98 Å². The molecule has 0 aliphatic rings. The first-order valence-corrected chi connectivity index (χ1v) is 5.38. The third kappa shape index (κ3) is 1.46. The van der Waals surface area contributed by atoms with Crippen molar-refractivity contribution in [2.45, 2.75) is 6.92 Å². The van der Waals surface area contributed by atoms with Gasteiger partial charge in [0.05, 0.1) is 5.33 Å². The van der Waals surface area contributed by atoms with Crippen LogP contribution in [0.5, 0.6) is 0 Å². The van der Waals surface area contributed by atoms with E-state index in [1.54, 1.807) is 6.20 Å². The van der Waals surface area contributed by atoms with Crippen LogP contribution in [0.15, 0.2) is 18.3 Å². The fourth-order valence-electron chi connectivity index (χ4n) is 1.41. The summed E-state index contributed by atoms with van der Waals surface area (Å²) >= 11 is 3.15. The molecule has 0 spiro atoms. The van der Waals surface area contributed by atoms with Crippen molar-refractivity contribution in [3.05, 3.63) is 29.6 Å². The van der Waals surface area contributed by atoms with Crippen molar-refractivity contribution >= 4 is 32.7 Å². The van der Waals surface area contributed by atoms with Gasteiger partial charge >= 0.3 is 0 Å². The molecule has 2 aromatic rings. The highest BCUT2D eigenvalue weighted by molar-refractivity contribution is 9.09. The van der Waals surface area contributed by atoms with Crippen molar-refractivity contribution in [2.24, 2.45) is 0 Å². The van der Waals surface area contributed by atoms with E-state index in [1.165, 1.54) is 0 Å². The minimum Gasteiger partial charge on any atom is -0.345 e. The molecule has 4 heteroatoms. The SMILES string of the molecule is Cc1ccc2c(C(=O)CBr)c[nH]c2n1. The summed E-state index contributed by atoms with van der Waals surface area (Å²) in [6.07, 6.45) is 1.71. The molecule has 1 N–H and O–H groups in total. The van der Waals surface area contributed by atoms with E-state index in [0.717, 1.165) is 16.7 Å². The molecule has 3 nitrogen and oxygen atoms in total. The summed E-state index contributed by atoms with van der Waals surface area (Å²) in [5, 5.41) is 1.23. The Morgan fingerprint density at radius 2 is 2.36 bits per heavy atom. The normalized spacial score (nSPS) is 10.7. The Labute approximate surface area is 89.7 Å². The first-order valence-electron chi connectivity index (χ1n) is 4.26. The standard InChI is InChI=1S/C10H9BrN2O/c1-6-2-3-7-8(9(14)4-11)5-12-10(7)13-6/h2-3,5H,4H2,1H3,(H,12,13). The highest BCUT2D eigenvalue weighted by Crippen LogP contribution is 2.17. The van der Waals surface area contributed by atoms with Gasteiger partial charge in [0.25, 0.3) is 0 Å². The van der Waals surface area contributed by atoms with E-state index in [9.17, 15) is 4.79 Å². The van der Waals surface area contributed by atoms with Crippen LogP contribution in [0.1, 0.15) is 16.1 Å². The summed E-state index contributed by atoms with van der Waals surface area (Å²) < 4.78 is 0. The van der Waals surface area contributed by atoms with Gasteiger partial charge in [-0.05, 0) is 19.1 Å². The number of fused-ring (bicyclic) bond motifs is 1. The summed E-state index contributed by atoms with van der Waals surface area (Å²) in [7, 11) is 0. The molecular formula is C10H9BrN2O. The van der Waals surface area contributed by atoms with Crippen LogP contribution in [0.25, 0.3) is 11.0 Å². The molecule has 2 aromatic heterocycles. The highest BCUT2D eigenvalue weighted by Gasteiger charge is 2.10. The minimum absolute atomic E-state index is 0.0712. The largest absolute Gasteiger partial charge is 0.345 e. The van der Waals surface area contributed by atoms with Gasteiger partial charge in [-0.2, -0.15) is 0 Å². The molecule has 0 unspecified atom stereocenters. The lowest BCUT2D eigenvalue weighted by Crippen LogP contribution is -1.98. The second-order valence-electron chi connectivity index (χ2n) is 3.11. The topological polar surface area (TPSA) is 45.8 Å². The average molecular weight is 253 g/mol. The van der Waals surface area contributed by atoms with Crippen LogP contribution in [-0.4, -0.2) is 21.1 Å². The predicted molar refractivity (Wildman–Crippen MR) is 59.0 cm³/mol. The van der Waals surface area contributed by atoms with Gasteiger partial charge in [-0.3, -0.25) is 4.79 Å². The lowest BCUT2D eigenvalue weighted by molar-refractivity contribution is 0.102. The summed E-state index contributed by atoms with van der Waals surface area (Å²) in [6.45, 7) is 1.92. The molecule has 2 rings (SSSR count). The number of nitrogens with one attached hydrogen (secondary N) is 1. The molecule has 0 amide bonds. The number of aromatic amines is 1. The lowest BCUT2D eigenvalue weighted by atomic mass is 10.1. The van der Waals surface area contributed by atoms with Crippen LogP contribution in [0.2, 0.25) is 0 Å². The fraction of sp³-hybridized carbons (Fsp3) is 0.200. The number of nitrogens with zero attached hydrogens (tertiary/aromatic N) is 1. The minimum atomic E-state index is 0.0712. The van der Waals surface area contributed by atoms with Gasteiger partial charge in [0.1, 0.15) is 5.65 Å². The van der Waals surface area contributed by atoms with E-state index in [0.29, 0.717) is 10.9 Å². The van der Waals surface area contributed by atoms with E-state index in [4.69, 9.17) is 0 Å². The van der Waals surface area contributed by atoms with E-state index >= 15 is 0 Å². The Bertz CT molecular complexity index is 490. The second-order valence-corrected chi connectivity index (χ2v) is 3.67. The van der Waals surface area contributed by atoms with Crippen molar-refractivity contribution in [3.63, 3.8) is 0 Å². The number of H-pyrrole nitrogens is 1. The predicted octanol–water partition coefficient (Wildman–Crippen LogP) is 2.45. The van der Waals surface area contributed by atoms with E-state index in [2.05, 4.69) is 25.9 Å². The van der Waals surface area contributed by atoms with Gasteiger partial charge in [0.2, 0.25) is 0 Å². The number of carbonyl (C=O) groups excluding carboxylic acids is 1. The Balaban J connectivity index is 2.64. The van der Waals surface area contributed by atoms with Gasteiger partial charge < -0.3 is 4.98 Å². The Morgan fingerprint density at radius 1 is 1.57 bits per heavy atom. The van der Waals surface area contributed by atoms with Crippen molar-refractivity contribution < 1.29 is 4.79 Å². The summed E-state index contributed by atoms with van der Waals surface area (Å²) in [5.74, 6) is 0.0712. The van der Waals surface area contributed by atoms with Gasteiger partial charge in [0.15, 0.2) is 5.78 Å². The summed E-state index contributed by atoms with van der Waals surface area (Å²) in [4.78, 5) is 18.8. The zero-order valence-electron chi connectivity index (χ0n) is 7.67. The first-order chi connectivity index (χ1) is 6.72. The highest BCUT2D eigenvalue weighted by atomic mass is 79.9. The van der Waals surface area contributed by atoms with Crippen molar-refractivity contribution in [3.8, 4) is 0 Å². The zero-order valence-corrected chi connectivity index (χ0v) is 9.26. The third-order valence-corrected chi connectivity index (χ3v) is 2.61. The smallest absolute Gasteiger partial charge is 0.175 e. The fourth-order valence-corrected chi connectivity index (χ4v) is 1.71. The van der Waals surface area contributed by atoms with Crippen LogP contribution in [0.4, 0.5) is 0 Å². The number of alkyl halides is 1. The van der Waals surface area contributed by atoms with Crippen molar-refractivity contribution in [1.29, 1.82) is 0 Å². The lowest BCUT2D eigenvalue weighted by Gasteiger charge is -1.94. The Kier molecular flexibility index (Phi) is 2.37. The van der Waals surface area contributed by atoms with Gasteiger partial charge in [-0.15, -0.1) is 0 Å². The maximum absolute atomic E-state index is 11.5. The first kappa shape index (κ1) is 9.40. The van der Waals surface area contributed by atoms with E-state index in [1.807, 2.05) is 19.1 Å². The molecule has 14 heavy (non-hydrogen) atoms. The van der Waals surface area contributed by atoms with Crippen LogP contribution in [0.3, 0.4) is 0 Å². The average Bonchev–Trinajstić information content (AvgIpc) is 2.59. The number of aryl methyl sites for hydroxylation is 1. The zero-order chi connectivity index (χ0) is 10.1. The number of aromatic nitrogens is 2. The number of hydrogen-bond donors (Lipinski definition) is 1. The van der Waals surface area contributed by atoms with Crippen LogP contribution < -0.4 is 0 Å². The van der Waals surface area contributed by atoms with Crippen LogP contribution >= 0.6 is 15.9 Å². The van der Waals surface area contributed by atoms with Gasteiger partial charge in [0, 0.05) is 22.8 Å². The number of Topliss-reactive ketones (excluding diaryl/α,β-unsaturated/α-hetero) is 1. The third-order valence-electron chi connectivity index (χ3n) is 2.10. The molecule has 0 aromatic carbocycles. The van der Waals surface area contributed by atoms with Crippen LogP contribution in [0, 0.1) is 6.92 Å². The molecule has 0 aliphatic heterocycles. The molecule has 2 heterocycles. The monoisotopic (exact) mass is 252 g/mol. The van der Waals surface area contributed by atoms with Crippen molar-refractivity contribution in [1.82, 2.24) is 9.97 Å². The summed E-state index contributed by atoms with van der Waals surface area (Å²) in [6, 6.07) is 3.82. The Hall–Kier alpha value is -1.16. The quantitative estimate of drug-likeness (QED) is 0.660. The molecule has 0 saturated carbocycles. The van der Waals surface area contributed by atoms with E-state index < -0.39 is 0 Å². The molecule has 0 radical (unpaired) electrons. The number of halogens is 1. The Morgan fingerprint density at radius 3 is 3.07 bits per heavy atom. The molecule has 0 atom stereocenters. The van der Waals surface area contributed by atoms with Gasteiger partial charge in [-0.1, -0.05) is 15.9 Å². The number of ketones is 1. The maximum atomic E-state index is 11.5. The number of pyridine rings is 1. The summed E-state index contributed by atoms with van der Waals surface area (Å²) in [5.41, 5.74) is 2.41. The molecular weight excluding hydrogens is 244 g/mol. The van der Waals surface area contributed by atoms with Crippen LogP contribution in [-0.2, 0) is 0 Å². The van der Waals surface area contributed by atoms with Crippen molar-refractivity contribution in [2.75, 3.05) is 5.33 Å². The van der Waals surface area contributed by atoms with E-state index in [-0.39, 0.29) is 5.78 Å². The number of carbonyl (C=O) groups is 1. The number of rotatable bonds is 2. The molecule has 0 aliphatic carbocycles.